The van der Waals surface area contributed by atoms with E-state index in [1.807, 2.05) is 12.1 Å². The fraction of sp³-hybridized carbons (Fsp3) is 0.235. The highest BCUT2D eigenvalue weighted by Gasteiger charge is 2.13. The van der Waals surface area contributed by atoms with Crippen molar-refractivity contribution in [2.24, 2.45) is 0 Å². The van der Waals surface area contributed by atoms with E-state index in [4.69, 9.17) is 0 Å². The molecule has 5 heteroatoms. The van der Waals surface area contributed by atoms with Gasteiger partial charge in [-0.1, -0.05) is 31.5 Å². The SMILES string of the molecule is CCCc1ccc(C(=O)Nc2ccc(C)c([N+](=O)[O-])c2)cc1. The summed E-state index contributed by atoms with van der Waals surface area (Å²) in [6.45, 7) is 3.76. The van der Waals surface area contributed by atoms with Crippen molar-refractivity contribution in [2.75, 3.05) is 5.32 Å². The molecule has 0 aliphatic carbocycles. The summed E-state index contributed by atoms with van der Waals surface area (Å²) in [7, 11) is 0. The number of benzene rings is 2. The van der Waals surface area contributed by atoms with Crippen LogP contribution in [-0.4, -0.2) is 10.8 Å². The summed E-state index contributed by atoms with van der Waals surface area (Å²) in [6.07, 6.45) is 2.03. The summed E-state index contributed by atoms with van der Waals surface area (Å²) in [5.74, 6) is -0.277. The van der Waals surface area contributed by atoms with E-state index < -0.39 is 4.92 Å². The maximum absolute atomic E-state index is 12.2. The minimum atomic E-state index is -0.454. The van der Waals surface area contributed by atoms with Gasteiger partial charge >= 0.3 is 0 Å². The molecule has 0 saturated carbocycles. The van der Waals surface area contributed by atoms with Gasteiger partial charge in [-0.2, -0.15) is 0 Å². The maximum atomic E-state index is 12.2. The van der Waals surface area contributed by atoms with Crippen LogP contribution in [0.25, 0.3) is 0 Å². The molecule has 0 aliphatic heterocycles. The normalized spacial score (nSPS) is 10.3. The fourth-order valence-corrected chi connectivity index (χ4v) is 2.20. The summed E-state index contributed by atoms with van der Waals surface area (Å²) >= 11 is 0. The molecule has 0 aromatic heterocycles. The van der Waals surface area contributed by atoms with Crippen LogP contribution >= 0.6 is 0 Å². The minimum absolute atomic E-state index is 0.00362. The smallest absolute Gasteiger partial charge is 0.274 e. The second-order valence-electron chi connectivity index (χ2n) is 5.16. The molecule has 2 aromatic carbocycles. The van der Waals surface area contributed by atoms with Crippen molar-refractivity contribution < 1.29 is 9.72 Å². The van der Waals surface area contributed by atoms with Gasteiger partial charge in [-0.3, -0.25) is 14.9 Å². The highest BCUT2D eigenvalue weighted by atomic mass is 16.6. The molecule has 0 spiro atoms. The van der Waals surface area contributed by atoms with Gasteiger partial charge in [-0.05, 0) is 37.1 Å². The molecule has 1 N–H and O–H groups in total. The highest BCUT2D eigenvalue weighted by Crippen LogP contribution is 2.22. The molecule has 5 nitrogen and oxygen atoms in total. The average Bonchev–Trinajstić information content (AvgIpc) is 2.50. The Kier molecular flexibility index (Phi) is 4.88. The largest absolute Gasteiger partial charge is 0.322 e. The number of nitro groups is 1. The molecule has 0 saturated heterocycles. The molecule has 0 radical (unpaired) electrons. The summed E-state index contributed by atoms with van der Waals surface area (Å²) in [4.78, 5) is 22.6. The summed E-state index contributed by atoms with van der Waals surface area (Å²) in [5, 5.41) is 13.6. The molecule has 0 unspecified atom stereocenters. The van der Waals surface area contributed by atoms with Crippen LogP contribution in [-0.2, 0) is 6.42 Å². The third-order valence-corrected chi connectivity index (χ3v) is 3.42. The van der Waals surface area contributed by atoms with Crippen molar-refractivity contribution in [1.82, 2.24) is 0 Å². The van der Waals surface area contributed by atoms with Gasteiger partial charge in [-0.15, -0.1) is 0 Å². The zero-order chi connectivity index (χ0) is 16.1. The van der Waals surface area contributed by atoms with E-state index >= 15 is 0 Å². The Bertz CT molecular complexity index is 694. The van der Waals surface area contributed by atoms with E-state index in [9.17, 15) is 14.9 Å². The minimum Gasteiger partial charge on any atom is -0.322 e. The van der Waals surface area contributed by atoms with Crippen LogP contribution < -0.4 is 5.32 Å². The van der Waals surface area contributed by atoms with E-state index in [1.165, 1.54) is 11.6 Å². The third-order valence-electron chi connectivity index (χ3n) is 3.42. The number of nitro benzene ring substituents is 1. The van der Waals surface area contributed by atoms with E-state index in [1.54, 1.807) is 31.2 Å². The van der Waals surface area contributed by atoms with Gasteiger partial charge in [0.1, 0.15) is 0 Å². The van der Waals surface area contributed by atoms with Gasteiger partial charge in [0.2, 0.25) is 0 Å². The third kappa shape index (κ3) is 3.69. The Hall–Kier alpha value is -2.69. The zero-order valence-electron chi connectivity index (χ0n) is 12.6. The van der Waals surface area contributed by atoms with E-state index in [0.29, 0.717) is 16.8 Å². The first-order valence-electron chi connectivity index (χ1n) is 7.16. The Labute approximate surface area is 129 Å². The van der Waals surface area contributed by atoms with Crippen LogP contribution in [0.2, 0.25) is 0 Å². The number of hydrogen-bond donors (Lipinski definition) is 1. The molecule has 0 heterocycles. The van der Waals surface area contributed by atoms with Crippen LogP contribution in [0.3, 0.4) is 0 Å². The van der Waals surface area contributed by atoms with E-state index in [2.05, 4.69) is 12.2 Å². The number of anilines is 1. The van der Waals surface area contributed by atoms with Crippen molar-refractivity contribution in [2.45, 2.75) is 26.7 Å². The monoisotopic (exact) mass is 298 g/mol. The number of nitrogens with one attached hydrogen (secondary N) is 1. The molecule has 1 amide bonds. The molecule has 0 fully saturated rings. The summed E-state index contributed by atoms with van der Waals surface area (Å²) < 4.78 is 0. The topological polar surface area (TPSA) is 72.2 Å². The number of hydrogen-bond acceptors (Lipinski definition) is 3. The van der Waals surface area contributed by atoms with E-state index in [-0.39, 0.29) is 11.6 Å². The lowest BCUT2D eigenvalue weighted by Gasteiger charge is -2.07. The van der Waals surface area contributed by atoms with Crippen LogP contribution in [0.1, 0.15) is 34.8 Å². The molecular formula is C17H18N2O3. The second kappa shape index (κ2) is 6.85. The maximum Gasteiger partial charge on any atom is 0.274 e. The first-order valence-corrected chi connectivity index (χ1v) is 7.16. The molecule has 2 rings (SSSR count). The van der Waals surface area contributed by atoms with Gasteiger partial charge in [0.05, 0.1) is 4.92 Å². The van der Waals surface area contributed by atoms with Crippen molar-refractivity contribution in [1.29, 1.82) is 0 Å². The molecule has 0 bridgehead atoms. The van der Waals surface area contributed by atoms with Gasteiger partial charge in [-0.25, -0.2) is 0 Å². The number of carbonyl (C=O) groups is 1. The standard InChI is InChI=1S/C17H18N2O3/c1-3-4-13-6-8-14(9-7-13)17(20)18-15-10-5-12(2)16(11-15)19(21)22/h5-11H,3-4H2,1-2H3,(H,18,20). The number of aryl methyl sites for hydroxylation is 2. The summed E-state index contributed by atoms with van der Waals surface area (Å²) in [6, 6.07) is 12.0. The molecule has 2 aromatic rings. The van der Waals surface area contributed by atoms with Crippen molar-refractivity contribution >= 4 is 17.3 Å². The zero-order valence-corrected chi connectivity index (χ0v) is 12.6. The van der Waals surface area contributed by atoms with Crippen molar-refractivity contribution in [3.8, 4) is 0 Å². The Morgan fingerprint density at radius 1 is 1.18 bits per heavy atom. The van der Waals surface area contributed by atoms with Gasteiger partial charge in [0.15, 0.2) is 0 Å². The molecule has 0 atom stereocenters. The number of nitrogens with zero attached hydrogens (tertiary/aromatic N) is 1. The van der Waals surface area contributed by atoms with E-state index in [0.717, 1.165) is 12.8 Å². The van der Waals surface area contributed by atoms with Crippen LogP contribution in [0.4, 0.5) is 11.4 Å². The predicted molar refractivity (Wildman–Crippen MR) is 86.2 cm³/mol. The highest BCUT2D eigenvalue weighted by molar-refractivity contribution is 6.04. The van der Waals surface area contributed by atoms with Crippen molar-refractivity contribution in [3.63, 3.8) is 0 Å². The molecular weight excluding hydrogens is 280 g/mol. The average molecular weight is 298 g/mol. The Morgan fingerprint density at radius 3 is 2.45 bits per heavy atom. The predicted octanol–water partition coefficient (Wildman–Crippen LogP) is 4.11. The molecule has 22 heavy (non-hydrogen) atoms. The summed E-state index contributed by atoms with van der Waals surface area (Å²) in [5.41, 5.74) is 2.69. The number of rotatable bonds is 5. The van der Waals surface area contributed by atoms with Gasteiger partial charge in [0, 0.05) is 22.9 Å². The Morgan fingerprint density at radius 2 is 1.86 bits per heavy atom. The number of amides is 1. The van der Waals surface area contributed by atoms with Crippen LogP contribution in [0.5, 0.6) is 0 Å². The number of carbonyl (C=O) groups excluding carboxylic acids is 1. The van der Waals surface area contributed by atoms with Gasteiger partial charge in [0.25, 0.3) is 11.6 Å². The van der Waals surface area contributed by atoms with Gasteiger partial charge < -0.3 is 5.32 Å². The fourth-order valence-electron chi connectivity index (χ4n) is 2.20. The lowest BCUT2D eigenvalue weighted by molar-refractivity contribution is -0.385. The quantitative estimate of drug-likeness (QED) is 0.667. The Balaban J connectivity index is 2.14. The van der Waals surface area contributed by atoms with Crippen LogP contribution in [0, 0.1) is 17.0 Å². The van der Waals surface area contributed by atoms with Crippen LogP contribution in [0.15, 0.2) is 42.5 Å². The lowest BCUT2D eigenvalue weighted by atomic mass is 10.1. The lowest BCUT2D eigenvalue weighted by Crippen LogP contribution is -2.12. The molecule has 114 valence electrons. The first-order chi connectivity index (χ1) is 10.5. The second-order valence-corrected chi connectivity index (χ2v) is 5.16. The molecule has 0 aliphatic rings. The first kappa shape index (κ1) is 15.7. The van der Waals surface area contributed by atoms with Crippen molar-refractivity contribution in [3.05, 3.63) is 69.3 Å².